The van der Waals surface area contributed by atoms with Crippen molar-refractivity contribution >= 4 is 17.5 Å². The van der Waals surface area contributed by atoms with Gasteiger partial charge in [-0.05, 0) is 62.4 Å². The van der Waals surface area contributed by atoms with Crippen LogP contribution in [0.3, 0.4) is 0 Å². The topological polar surface area (TPSA) is 68.8 Å². The van der Waals surface area contributed by atoms with Gasteiger partial charge in [0.15, 0.2) is 0 Å². The normalized spacial score (nSPS) is 13.8. The lowest BCUT2D eigenvalue weighted by atomic mass is 10.2. The van der Waals surface area contributed by atoms with Gasteiger partial charge in [0.1, 0.15) is 11.5 Å². The molecular weight excluding hydrogens is 356 g/mol. The minimum Gasteiger partial charge on any atom is -0.497 e. The fraction of sp³-hybridized carbons (Fsp3) is 0.409. The Labute approximate surface area is 166 Å². The first-order valence-corrected chi connectivity index (χ1v) is 9.79. The number of ether oxygens (including phenoxy) is 3. The van der Waals surface area contributed by atoms with Crippen LogP contribution in [0.15, 0.2) is 42.5 Å². The van der Waals surface area contributed by atoms with Crippen LogP contribution in [0.1, 0.15) is 38.2 Å². The van der Waals surface area contributed by atoms with E-state index in [9.17, 15) is 4.79 Å². The maximum Gasteiger partial charge on any atom is 0.411 e. The largest absolute Gasteiger partial charge is 0.497 e. The zero-order valence-electron chi connectivity index (χ0n) is 16.5. The number of anilines is 2. The van der Waals surface area contributed by atoms with Gasteiger partial charge in [-0.2, -0.15) is 0 Å². The molecule has 2 N–H and O–H groups in total. The number of nitrogens with one attached hydrogen (secondary N) is 2. The average Bonchev–Trinajstić information content (AvgIpc) is 3.22. The van der Waals surface area contributed by atoms with Crippen molar-refractivity contribution in [3.05, 3.63) is 48.0 Å². The van der Waals surface area contributed by atoms with E-state index < -0.39 is 6.09 Å². The van der Waals surface area contributed by atoms with Crippen molar-refractivity contribution in [2.45, 2.75) is 45.3 Å². The van der Waals surface area contributed by atoms with Crippen molar-refractivity contribution in [1.82, 2.24) is 0 Å². The Morgan fingerprint density at radius 1 is 1.11 bits per heavy atom. The van der Waals surface area contributed by atoms with Gasteiger partial charge in [0, 0.05) is 18.3 Å². The number of amides is 1. The molecule has 3 rings (SSSR count). The van der Waals surface area contributed by atoms with Gasteiger partial charge in [-0.15, -0.1) is 0 Å². The van der Waals surface area contributed by atoms with Crippen LogP contribution < -0.4 is 20.1 Å². The third-order valence-electron chi connectivity index (χ3n) is 4.75. The summed E-state index contributed by atoms with van der Waals surface area (Å²) in [6, 6.07) is 13.6. The molecule has 1 amide bonds. The van der Waals surface area contributed by atoms with Crippen LogP contribution in [0.2, 0.25) is 0 Å². The molecule has 28 heavy (non-hydrogen) atoms. The van der Waals surface area contributed by atoms with E-state index in [4.69, 9.17) is 14.2 Å². The van der Waals surface area contributed by atoms with Gasteiger partial charge < -0.3 is 19.5 Å². The minimum absolute atomic E-state index is 0.194. The monoisotopic (exact) mass is 384 g/mol. The fourth-order valence-electron chi connectivity index (χ4n) is 3.24. The Balaban J connectivity index is 1.70. The average molecular weight is 384 g/mol. The van der Waals surface area contributed by atoms with Gasteiger partial charge in [-0.25, -0.2) is 4.79 Å². The van der Waals surface area contributed by atoms with Crippen LogP contribution in [0, 0.1) is 0 Å². The lowest BCUT2D eigenvalue weighted by Gasteiger charge is -2.18. The maximum atomic E-state index is 11.8. The third-order valence-corrected chi connectivity index (χ3v) is 4.75. The molecule has 0 saturated heterocycles. The molecule has 1 aliphatic rings. The van der Waals surface area contributed by atoms with E-state index in [1.807, 2.05) is 42.5 Å². The molecule has 6 heteroatoms. The second-order valence-corrected chi connectivity index (χ2v) is 6.78. The van der Waals surface area contributed by atoms with Crippen molar-refractivity contribution in [2.24, 2.45) is 0 Å². The smallest absolute Gasteiger partial charge is 0.411 e. The first-order chi connectivity index (χ1) is 13.7. The lowest BCUT2D eigenvalue weighted by Crippen LogP contribution is -2.17. The Morgan fingerprint density at radius 2 is 1.86 bits per heavy atom. The van der Waals surface area contributed by atoms with E-state index in [2.05, 4.69) is 10.6 Å². The second kappa shape index (κ2) is 9.88. The summed E-state index contributed by atoms with van der Waals surface area (Å²) in [4.78, 5) is 11.8. The number of carbonyl (C=O) groups is 1. The van der Waals surface area contributed by atoms with Gasteiger partial charge in [0.25, 0.3) is 0 Å². The van der Waals surface area contributed by atoms with Gasteiger partial charge in [-0.3, -0.25) is 5.32 Å². The molecule has 0 aromatic heterocycles. The van der Waals surface area contributed by atoms with Crippen LogP contribution in [0.5, 0.6) is 11.5 Å². The summed E-state index contributed by atoms with van der Waals surface area (Å²) in [7, 11) is 1.66. The van der Waals surface area contributed by atoms with E-state index in [0.29, 0.717) is 24.6 Å². The highest BCUT2D eigenvalue weighted by molar-refractivity contribution is 5.87. The van der Waals surface area contributed by atoms with Gasteiger partial charge in [-0.1, -0.05) is 12.1 Å². The number of hydrogen-bond acceptors (Lipinski definition) is 5. The minimum atomic E-state index is -0.474. The molecule has 2 aromatic rings. The summed E-state index contributed by atoms with van der Waals surface area (Å²) in [5, 5.41) is 6.18. The molecule has 1 aliphatic carbocycles. The van der Waals surface area contributed by atoms with E-state index in [0.717, 1.165) is 29.8 Å². The summed E-state index contributed by atoms with van der Waals surface area (Å²) in [5.41, 5.74) is 2.70. The summed E-state index contributed by atoms with van der Waals surface area (Å²) in [6.45, 7) is 2.78. The summed E-state index contributed by atoms with van der Waals surface area (Å²) >= 11 is 0. The molecule has 6 nitrogen and oxygen atoms in total. The van der Waals surface area contributed by atoms with E-state index in [-0.39, 0.29) is 6.10 Å². The maximum absolute atomic E-state index is 11.8. The number of methoxy groups -OCH3 is 1. The van der Waals surface area contributed by atoms with E-state index >= 15 is 0 Å². The highest BCUT2D eigenvalue weighted by Gasteiger charge is 2.19. The van der Waals surface area contributed by atoms with E-state index in [1.54, 1.807) is 14.0 Å². The highest BCUT2D eigenvalue weighted by atomic mass is 16.5. The molecule has 0 heterocycles. The van der Waals surface area contributed by atoms with Crippen LogP contribution in [0.25, 0.3) is 0 Å². The Bertz CT molecular complexity index is 771. The molecule has 1 fully saturated rings. The van der Waals surface area contributed by atoms with Crippen LogP contribution >= 0.6 is 0 Å². The van der Waals surface area contributed by atoms with Crippen molar-refractivity contribution in [1.29, 1.82) is 0 Å². The van der Waals surface area contributed by atoms with Gasteiger partial charge in [0.2, 0.25) is 0 Å². The third kappa shape index (κ3) is 5.55. The Kier molecular flexibility index (Phi) is 7.00. The van der Waals surface area contributed by atoms with Gasteiger partial charge in [0.05, 0.1) is 25.5 Å². The summed E-state index contributed by atoms with van der Waals surface area (Å²) in [6.07, 6.45) is 4.17. The number of rotatable bonds is 8. The molecular formula is C22H28N2O4. The van der Waals surface area contributed by atoms with E-state index in [1.165, 1.54) is 12.8 Å². The highest BCUT2D eigenvalue weighted by Crippen LogP contribution is 2.33. The fourth-order valence-corrected chi connectivity index (χ4v) is 3.24. The lowest BCUT2D eigenvalue weighted by molar-refractivity contribution is 0.167. The van der Waals surface area contributed by atoms with Gasteiger partial charge >= 0.3 is 6.09 Å². The standard InChI is InChI=1S/C22H28N2O4/c1-3-27-22(25)24-20-13-10-17(14-21(20)28-19-6-4-5-7-19)23-15-16-8-11-18(26-2)12-9-16/h8-14,19,23H,3-7,15H2,1-2H3,(H,24,25). The molecule has 0 unspecified atom stereocenters. The molecule has 2 aromatic carbocycles. The number of hydrogen-bond donors (Lipinski definition) is 2. The molecule has 0 aliphatic heterocycles. The zero-order chi connectivity index (χ0) is 19.8. The first-order valence-electron chi connectivity index (χ1n) is 9.79. The van der Waals surface area contributed by atoms with Crippen molar-refractivity contribution in [3.8, 4) is 11.5 Å². The van der Waals surface area contributed by atoms with Crippen LogP contribution in [-0.2, 0) is 11.3 Å². The molecule has 0 atom stereocenters. The SMILES string of the molecule is CCOC(=O)Nc1ccc(NCc2ccc(OC)cc2)cc1OC1CCCC1. The Hall–Kier alpha value is -2.89. The number of benzene rings is 2. The quantitative estimate of drug-likeness (QED) is 0.655. The molecule has 1 saturated carbocycles. The van der Waals surface area contributed by atoms with Crippen LogP contribution in [-0.4, -0.2) is 25.9 Å². The molecule has 0 radical (unpaired) electrons. The van der Waals surface area contributed by atoms with Crippen LogP contribution in [0.4, 0.5) is 16.2 Å². The van der Waals surface area contributed by atoms with Crippen molar-refractivity contribution < 1.29 is 19.0 Å². The number of carbonyl (C=O) groups excluding carboxylic acids is 1. The summed E-state index contributed by atoms with van der Waals surface area (Å²) in [5.74, 6) is 1.50. The Morgan fingerprint density at radius 3 is 2.54 bits per heavy atom. The second-order valence-electron chi connectivity index (χ2n) is 6.78. The van der Waals surface area contributed by atoms with Crippen molar-refractivity contribution in [3.63, 3.8) is 0 Å². The first kappa shape index (κ1) is 19.9. The van der Waals surface area contributed by atoms with Crippen molar-refractivity contribution in [2.75, 3.05) is 24.4 Å². The molecule has 0 bridgehead atoms. The summed E-state index contributed by atoms with van der Waals surface area (Å²) < 4.78 is 16.4. The molecule has 150 valence electrons. The predicted molar refractivity (Wildman–Crippen MR) is 110 cm³/mol. The predicted octanol–water partition coefficient (Wildman–Crippen LogP) is 5.20. The zero-order valence-corrected chi connectivity index (χ0v) is 16.5. The molecule has 0 spiro atoms.